The van der Waals surface area contributed by atoms with Gasteiger partial charge in [0.05, 0.1) is 17.5 Å². The molecule has 0 atom stereocenters. The van der Waals surface area contributed by atoms with Crippen LogP contribution in [0.25, 0.3) is 16.8 Å². The minimum absolute atomic E-state index is 0.226. The Hall–Kier alpha value is -3.68. The van der Waals surface area contributed by atoms with Crippen molar-refractivity contribution < 1.29 is 13.6 Å². The van der Waals surface area contributed by atoms with Gasteiger partial charge in [-0.1, -0.05) is 0 Å². The van der Waals surface area contributed by atoms with Crippen molar-refractivity contribution in [2.24, 2.45) is 0 Å². The van der Waals surface area contributed by atoms with E-state index in [0.717, 1.165) is 5.56 Å². The summed E-state index contributed by atoms with van der Waals surface area (Å²) in [7, 11) is 0. The highest BCUT2D eigenvalue weighted by atomic mass is 19.1. The van der Waals surface area contributed by atoms with Gasteiger partial charge in [0.25, 0.3) is 11.5 Å². The second-order valence-electron chi connectivity index (χ2n) is 5.93. The summed E-state index contributed by atoms with van der Waals surface area (Å²) < 4.78 is 20.9. The van der Waals surface area contributed by atoms with Crippen LogP contribution >= 0.6 is 0 Å². The molecule has 3 aromatic heterocycles. The number of aromatic nitrogens is 3. The quantitative estimate of drug-likeness (QED) is 0.588. The number of nitrogens with one attached hydrogen (secondary N) is 1. The Kier molecular flexibility index (Phi) is 4.29. The number of furan rings is 1. The molecule has 1 N–H and O–H groups in total. The fourth-order valence-corrected chi connectivity index (χ4v) is 2.75. The zero-order valence-electron chi connectivity index (χ0n) is 14.1. The number of rotatable bonds is 5. The molecular formula is C19H15FN4O3. The van der Waals surface area contributed by atoms with Gasteiger partial charge < -0.3 is 14.3 Å². The van der Waals surface area contributed by atoms with Gasteiger partial charge in [0, 0.05) is 31.0 Å². The van der Waals surface area contributed by atoms with E-state index in [0.29, 0.717) is 29.9 Å². The Morgan fingerprint density at radius 3 is 2.74 bits per heavy atom. The van der Waals surface area contributed by atoms with Crippen molar-refractivity contribution >= 4 is 11.4 Å². The van der Waals surface area contributed by atoms with Gasteiger partial charge in [0.15, 0.2) is 0 Å². The fraction of sp³-hybridized carbons (Fsp3) is 0.105. The van der Waals surface area contributed by atoms with Crippen LogP contribution in [0.1, 0.15) is 10.4 Å². The van der Waals surface area contributed by atoms with E-state index in [-0.39, 0.29) is 17.3 Å². The van der Waals surface area contributed by atoms with E-state index in [4.69, 9.17) is 4.42 Å². The number of benzene rings is 1. The topological polar surface area (TPSA) is 81.5 Å². The SMILES string of the molecule is O=C(NCCn1ccn2nc(-c3ccc(F)cc3)cc2c1=O)c1ccoc1. The highest BCUT2D eigenvalue weighted by Gasteiger charge is 2.10. The van der Waals surface area contributed by atoms with Crippen LogP contribution < -0.4 is 10.9 Å². The van der Waals surface area contributed by atoms with E-state index < -0.39 is 0 Å². The van der Waals surface area contributed by atoms with Gasteiger partial charge in [-0.25, -0.2) is 8.91 Å². The minimum Gasteiger partial charge on any atom is -0.472 e. The second-order valence-corrected chi connectivity index (χ2v) is 5.93. The lowest BCUT2D eigenvalue weighted by Crippen LogP contribution is -2.30. The third kappa shape index (κ3) is 3.37. The molecule has 0 unspecified atom stereocenters. The average molecular weight is 366 g/mol. The van der Waals surface area contributed by atoms with Crippen LogP contribution in [-0.4, -0.2) is 26.6 Å². The van der Waals surface area contributed by atoms with Crippen LogP contribution in [-0.2, 0) is 6.54 Å². The molecule has 8 heteroatoms. The molecule has 0 aliphatic heterocycles. The lowest BCUT2D eigenvalue weighted by atomic mass is 10.1. The van der Waals surface area contributed by atoms with E-state index in [1.54, 1.807) is 36.7 Å². The molecule has 3 heterocycles. The van der Waals surface area contributed by atoms with Crippen LogP contribution in [0.5, 0.6) is 0 Å². The lowest BCUT2D eigenvalue weighted by molar-refractivity contribution is 0.0951. The van der Waals surface area contributed by atoms with Crippen LogP contribution in [0.15, 0.2) is 70.5 Å². The summed E-state index contributed by atoms with van der Waals surface area (Å²) in [6.07, 6.45) is 6.06. The molecule has 4 rings (SSSR count). The van der Waals surface area contributed by atoms with E-state index in [9.17, 15) is 14.0 Å². The number of fused-ring (bicyclic) bond motifs is 1. The Morgan fingerprint density at radius 2 is 2.00 bits per heavy atom. The predicted molar refractivity (Wildman–Crippen MR) is 95.9 cm³/mol. The zero-order valence-corrected chi connectivity index (χ0v) is 14.1. The number of hydrogen-bond donors (Lipinski definition) is 1. The van der Waals surface area contributed by atoms with Crippen LogP contribution in [0, 0.1) is 5.82 Å². The number of carbonyl (C=O) groups is 1. The highest BCUT2D eigenvalue weighted by molar-refractivity contribution is 5.93. The van der Waals surface area contributed by atoms with Crippen molar-refractivity contribution in [2.45, 2.75) is 6.54 Å². The van der Waals surface area contributed by atoms with Gasteiger partial charge in [0.1, 0.15) is 17.6 Å². The first-order valence-electron chi connectivity index (χ1n) is 8.27. The lowest BCUT2D eigenvalue weighted by Gasteiger charge is -2.07. The first kappa shape index (κ1) is 16.8. The largest absolute Gasteiger partial charge is 0.472 e. The maximum Gasteiger partial charge on any atom is 0.276 e. The molecule has 0 aliphatic carbocycles. The summed E-state index contributed by atoms with van der Waals surface area (Å²) in [5.74, 6) is -0.594. The number of halogens is 1. The first-order chi connectivity index (χ1) is 13.1. The minimum atomic E-state index is -0.331. The van der Waals surface area contributed by atoms with Crippen molar-refractivity contribution in [3.8, 4) is 11.3 Å². The number of amides is 1. The van der Waals surface area contributed by atoms with Crippen molar-refractivity contribution in [1.29, 1.82) is 0 Å². The average Bonchev–Trinajstić information content (AvgIpc) is 3.34. The summed E-state index contributed by atoms with van der Waals surface area (Å²) in [6.45, 7) is 0.606. The molecule has 7 nitrogen and oxygen atoms in total. The molecule has 0 saturated carbocycles. The maximum atomic E-state index is 13.1. The Morgan fingerprint density at radius 1 is 1.19 bits per heavy atom. The van der Waals surface area contributed by atoms with E-state index in [1.165, 1.54) is 33.7 Å². The van der Waals surface area contributed by atoms with Crippen LogP contribution in [0.4, 0.5) is 4.39 Å². The molecular weight excluding hydrogens is 351 g/mol. The molecule has 0 spiro atoms. The van der Waals surface area contributed by atoms with Gasteiger partial charge in [-0.15, -0.1) is 0 Å². The summed E-state index contributed by atoms with van der Waals surface area (Å²) in [5.41, 5.74) is 1.91. The molecule has 0 saturated heterocycles. The molecule has 0 aliphatic rings. The molecule has 0 radical (unpaired) electrons. The molecule has 4 aromatic rings. The molecule has 1 aromatic carbocycles. The number of hydrogen-bond acceptors (Lipinski definition) is 4. The molecule has 136 valence electrons. The van der Waals surface area contributed by atoms with Gasteiger partial charge >= 0.3 is 0 Å². The zero-order chi connectivity index (χ0) is 18.8. The van der Waals surface area contributed by atoms with Gasteiger partial charge in [-0.05, 0) is 36.4 Å². The predicted octanol–water partition coefficient (Wildman–Crippen LogP) is 2.33. The van der Waals surface area contributed by atoms with Gasteiger partial charge in [0.2, 0.25) is 0 Å². The van der Waals surface area contributed by atoms with Crippen LogP contribution in [0.2, 0.25) is 0 Å². The third-order valence-corrected chi connectivity index (χ3v) is 4.17. The summed E-state index contributed by atoms with van der Waals surface area (Å²) in [4.78, 5) is 24.5. The summed E-state index contributed by atoms with van der Waals surface area (Å²) in [6, 6.07) is 9.15. The molecule has 27 heavy (non-hydrogen) atoms. The highest BCUT2D eigenvalue weighted by Crippen LogP contribution is 2.18. The normalized spacial score (nSPS) is 11.0. The molecule has 0 bridgehead atoms. The smallest absolute Gasteiger partial charge is 0.276 e. The summed E-state index contributed by atoms with van der Waals surface area (Å²) >= 11 is 0. The third-order valence-electron chi connectivity index (χ3n) is 4.17. The van der Waals surface area contributed by atoms with Crippen molar-refractivity contribution in [2.75, 3.05) is 6.54 Å². The maximum absolute atomic E-state index is 13.1. The van der Waals surface area contributed by atoms with Crippen LogP contribution in [0.3, 0.4) is 0 Å². The fourth-order valence-electron chi connectivity index (χ4n) is 2.75. The van der Waals surface area contributed by atoms with Gasteiger partial charge in [-0.3, -0.25) is 9.59 Å². The second kappa shape index (κ2) is 6.91. The van der Waals surface area contributed by atoms with Crippen molar-refractivity contribution in [3.63, 3.8) is 0 Å². The van der Waals surface area contributed by atoms with Crippen molar-refractivity contribution in [3.05, 3.63) is 83.1 Å². The Balaban J connectivity index is 1.52. The van der Waals surface area contributed by atoms with E-state index in [1.807, 2.05) is 0 Å². The summed E-state index contributed by atoms with van der Waals surface area (Å²) in [5, 5.41) is 7.09. The monoisotopic (exact) mass is 366 g/mol. The van der Waals surface area contributed by atoms with Gasteiger partial charge in [-0.2, -0.15) is 5.10 Å². The van der Waals surface area contributed by atoms with E-state index in [2.05, 4.69) is 10.4 Å². The van der Waals surface area contributed by atoms with E-state index >= 15 is 0 Å². The standard InChI is InChI=1S/C19H15FN4O3/c20-15-3-1-13(2-4-15)16-11-17-19(26)23(8-9-24(17)22-16)7-6-21-18(25)14-5-10-27-12-14/h1-5,8-12H,6-7H2,(H,21,25). The number of nitrogens with zero attached hydrogens (tertiary/aromatic N) is 3. The molecule has 0 fully saturated rings. The Bertz CT molecular complexity index is 1140. The number of carbonyl (C=O) groups excluding carboxylic acids is 1. The van der Waals surface area contributed by atoms with Crippen molar-refractivity contribution in [1.82, 2.24) is 19.5 Å². The first-order valence-corrected chi connectivity index (χ1v) is 8.27. The molecule has 1 amide bonds. The Labute approximate surface area is 152 Å².